The van der Waals surface area contributed by atoms with Crippen LogP contribution in [-0.2, 0) is 5.41 Å². The summed E-state index contributed by atoms with van der Waals surface area (Å²) in [4.78, 5) is 2.47. The van der Waals surface area contributed by atoms with Gasteiger partial charge in [0.2, 0.25) is 0 Å². The van der Waals surface area contributed by atoms with E-state index >= 15 is 0 Å². The molecule has 0 saturated carbocycles. The zero-order chi connectivity index (χ0) is 46.5. The Morgan fingerprint density at radius 2 is 0.943 bits per heavy atom. The van der Waals surface area contributed by atoms with Gasteiger partial charge in [-0.25, -0.2) is 0 Å². The van der Waals surface area contributed by atoms with Gasteiger partial charge in [0.15, 0.2) is 0 Å². The van der Waals surface area contributed by atoms with E-state index in [0.717, 1.165) is 22.7 Å². The van der Waals surface area contributed by atoms with Crippen LogP contribution in [0.3, 0.4) is 0 Å². The maximum absolute atomic E-state index is 2.47. The monoisotopic (exact) mass is 910 g/mol. The van der Waals surface area contributed by atoms with Gasteiger partial charge in [0.05, 0.1) is 16.7 Å². The smallest absolute Gasteiger partial charge is 0.0555 e. The fourth-order valence-electron chi connectivity index (χ4n) is 11.6. The van der Waals surface area contributed by atoms with Crippen LogP contribution in [0.1, 0.15) is 25.0 Å². The topological polar surface area (TPSA) is 8.17 Å². The van der Waals surface area contributed by atoms with Crippen molar-refractivity contribution in [1.82, 2.24) is 4.57 Å². The van der Waals surface area contributed by atoms with Crippen LogP contribution in [-0.4, -0.2) is 4.57 Å². The molecule has 0 amide bonds. The molecule has 0 radical (unpaired) electrons. The van der Waals surface area contributed by atoms with E-state index in [1.165, 1.54) is 108 Å². The van der Waals surface area contributed by atoms with E-state index in [1.807, 2.05) is 11.3 Å². The van der Waals surface area contributed by atoms with Crippen LogP contribution in [0.4, 0.5) is 17.1 Å². The summed E-state index contributed by atoms with van der Waals surface area (Å²) in [6.45, 7) is 4.73. The van der Waals surface area contributed by atoms with E-state index in [0.29, 0.717) is 0 Å². The molecule has 0 spiro atoms. The predicted molar refractivity (Wildman–Crippen MR) is 300 cm³/mol. The number of hydrogen-bond donors (Lipinski definition) is 0. The third kappa shape index (κ3) is 6.25. The van der Waals surface area contributed by atoms with Gasteiger partial charge in [-0.3, -0.25) is 0 Å². The molecule has 2 aromatic heterocycles. The van der Waals surface area contributed by atoms with Gasteiger partial charge in [0.1, 0.15) is 0 Å². The van der Waals surface area contributed by atoms with Gasteiger partial charge in [-0.2, -0.15) is 0 Å². The normalized spacial score (nSPS) is 12.8. The molecule has 0 atom stereocenters. The first-order valence-corrected chi connectivity index (χ1v) is 25.1. The highest BCUT2D eigenvalue weighted by atomic mass is 32.1. The van der Waals surface area contributed by atoms with E-state index in [9.17, 15) is 0 Å². The number of hydrogen-bond acceptors (Lipinski definition) is 2. The van der Waals surface area contributed by atoms with Crippen molar-refractivity contribution in [3.05, 3.63) is 254 Å². The Balaban J connectivity index is 0.956. The first kappa shape index (κ1) is 40.6. The van der Waals surface area contributed by atoms with Gasteiger partial charge >= 0.3 is 0 Å². The molecule has 13 aromatic rings. The van der Waals surface area contributed by atoms with Crippen molar-refractivity contribution in [3.8, 4) is 50.2 Å². The number of rotatable bonds is 7. The van der Waals surface area contributed by atoms with Gasteiger partial charge in [0.25, 0.3) is 0 Å². The fourth-order valence-corrected chi connectivity index (χ4v) is 12.8. The molecule has 330 valence electrons. The molecule has 1 aliphatic rings. The molecule has 0 bridgehead atoms. The summed E-state index contributed by atoms with van der Waals surface area (Å²) < 4.78 is 5.10. The van der Waals surface area contributed by atoms with Crippen LogP contribution in [0, 0.1) is 0 Å². The molecule has 2 nitrogen and oxygen atoms in total. The van der Waals surface area contributed by atoms with Crippen molar-refractivity contribution in [2.75, 3.05) is 4.90 Å². The van der Waals surface area contributed by atoms with Gasteiger partial charge in [-0.05, 0) is 128 Å². The molecule has 0 fully saturated rings. The lowest BCUT2D eigenvalue weighted by atomic mass is 9.82. The van der Waals surface area contributed by atoms with Crippen molar-refractivity contribution in [3.63, 3.8) is 0 Å². The zero-order valence-electron chi connectivity index (χ0n) is 38.9. The van der Waals surface area contributed by atoms with Crippen LogP contribution in [0.2, 0.25) is 0 Å². The van der Waals surface area contributed by atoms with Crippen molar-refractivity contribution in [2.24, 2.45) is 0 Å². The molecule has 0 unspecified atom stereocenters. The van der Waals surface area contributed by atoms with E-state index in [1.54, 1.807) is 0 Å². The van der Waals surface area contributed by atoms with Crippen LogP contribution < -0.4 is 4.90 Å². The molecule has 0 aliphatic heterocycles. The van der Waals surface area contributed by atoms with E-state index in [4.69, 9.17) is 0 Å². The SMILES string of the molecule is CC1(C)c2ccccc2-c2ccc(N(c3ccc(-c4ccccc4)cc3)c3ccc(-c4ccc5c(c4)c4c6sc7ccccc7c6ccc4n5-c4ccc(-c5ccccc5)cc4)c4ccccc34)cc21. The van der Waals surface area contributed by atoms with Gasteiger partial charge in [0, 0.05) is 58.8 Å². The van der Waals surface area contributed by atoms with Gasteiger partial charge < -0.3 is 9.47 Å². The number of fused-ring (bicyclic) bond motifs is 11. The largest absolute Gasteiger partial charge is 0.310 e. The minimum Gasteiger partial charge on any atom is -0.310 e. The van der Waals surface area contributed by atoms with Crippen LogP contribution in [0.5, 0.6) is 0 Å². The summed E-state index contributed by atoms with van der Waals surface area (Å²) >= 11 is 1.90. The molecule has 0 saturated heterocycles. The number of anilines is 3. The first-order valence-electron chi connectivity index (χ1n) is 24.2. The van der Waals surface area contributed by atoms with E-state index in [-0.39, 0.29) is 5.41 Å². The quantitative estimate of drug-likeness (QED) is 0.155. The van der Waals surface area contributed by atoms with Crippen molar-refractivity contribution in [2.45, 2.75) is 19.3 Å². The minimum atomic E-state index is -0.133. The molecule has 70 heavy (non-hydrogen) atoms. The number of nitrogens with zero attached hydrogens (tertiary/aromatic N) is 2. The highest BCUT2D eigenvalue weighted by Gasteiger charge is 2.36. The Kier molecular flexibility index (Phi) is 9.14. The fraction of sp³-hybridized carbons (Fsp3) is 0.0448. The average Bonchev–Trinajstić information content (AvgIpc) is 4.04. The first-order chi connectivity index (χ1) is 34.5. The number of thiophene rings is 1. The maximum atomic E-state index is 2.47. The van der Waals surface area contributed by atoms with Crippen LogP contribution >= 0.6 is 11.3 Å². The van der Waals surface area contributed by atoms with Crippen molar-refractivity contribution < 1.29 is 0 Å². The van der Waals surface area contributed by atoms with E-state index in [2.05, 4.69) is 266 Å². The van der Waals surface area contributed by atoms with Gasteiger partial charge in [-0.15, -0.1) is 11.3 Å². The minimum absolute atomic E-state index is 0.133. The Labute approximate surface area is 411 Å². The summed E-state index contributed by atoms with van der Waals surface area (Å²) in [5.41, 5.74) is 19.5. The predicted octanol–water partition coefficient (Wildman–Crippen LogP) is 19.1. The second-order valence-electron chi connectivity index (χ2n) is 19.2. The summed E-state index contributed by atoms with van der Waals surface area (Å²) in [6, 6.07) is 89.8. The highest BCUT2D eigenvalue weighted by molar-refractivity contribution is 7.26. The lowest BCUT2D eigenvalue weighted by Crippen LogP contribution is -2.16. The molecule has 2 heterocycles. The average molecular weight is 911 g/mol. The summed E-state index contributed by atoms with van der Waals surface area (Å²) in [6.07, 6.45) is 0. The molecule has 0 N–H and O–H groups in total. The summed E-state index contributed by atoms with van der Waals surface area (Å²) in [7, 11) is 0. The Bertz CT molecular complexity index is 4180. The van der Waals surface area contributed by atoms with Crippen LogP contribution in [0.25, 0.3) is 103 Å². The third-order valence-electron chi connectivity index (χ3n) is 15.0. The molecule has 3 heteroatoms. The van der Waals surface area contributed by atoms with E-state index < -0.39 is 0 Å². The van der Waals surface area contributed by atoms with Crippen LogP contribution in [0.15, 0.2) is 243 Å². The molecular formula is C67H46N2S. The van der Waals surface area contributed by atoms with Gasteiger partial charge in [-0.1, -0.05) is 190 Å². The third-order valence-corrected chi connectivity index (χ3v) is 16.2. The zero-order valence-corrected chi connectivity index (χ0v) is 39.7. The molecule has 1 aliphatic carbocycles. The van der Waals surface area contributed by atoms with Crippen molar-refractivity contribution in [1.29, 1.82) is 0 Å². The standard InChI is InChI=1S/C67H46N2S/c1-67(2)59-23-13-11-20-53(59)54-35-34-50(42-60(54)67)68(48-30-25-45(26-31-48)43-15-5-3-6-16-43)61-39-36-51(52-19-9-10-21-55(52)61)47-29-38-62-58(41-47)65-63(40-37-57-56-22-12-14-24-64(56)70-66(57)65)69(62)49-32-27-46(28-33-49)44-17-7-4-8-18-44/h3-42H,1-2H3. The Morgan fingerprint density at radius 3 is 1.70 bits per heavy atom. The Hall–Kier alpha value is -8.50. The number of aromatic nitrogens is 1. The Morgan fingerprint density at radius 1 is 0.371 bits per heavy atom. The second-order valence-corrected chi connectivity index (χ2v) is 20.3. The molecule has 11 aromatic carbocycles. The molecule has 14 rings (SSSR count). The lowest BCUT2D eigenvalue weighted by molar-refractivity contribution is 0.660. The summed E-state index contributed by atoms with van der Waals surface area (Å²) in [5.74, 6) is 0. The highest BCUT2D eigenvalue weighted by Crippen LogP contribution is 2.52. The van der Waals surface area contributed by atoms with Crippen molar-refractivity contribution >= 4 is 81.1 Å². The summed E-state index contributed by atoms with van der Waals surface area (Å²) in [5, 5.41) is 7.59. The maximum Gasteiger partial charge on any atom is 0.0555 e. The lowest BCUT2D eigenvalue weighted by Gasteiger charge is -2.29. The molecular weight excluding hydrogens is 865 g/mol. The number of benzene rings is 11. The second kappa shape index (κ2) is 15.8.